The van der Waals surface area contributed by atoms with E-state index >= 15 is 0 Å². The van der Waals surface area contributed by atoms with Crippen LogP contribution in [0.25, 0.3) is 0 Å². The van der Waals surface area contributed by atoms with Crippen LogP contribution in [-0.2, 0) is 0 Å². The molecule has 2 rings (SSSR count). The molecule has 1 unspecified atom stereocenters. The van der Waals surface area contributed by atoms with E-state index in [4.69, 9.17) is 9.47 Å². The molecule has 100 valence electrons. The summed E-state index contributed by atoms with van der Waals surface area (Å²) in [6.07, 6.45) is 0. The fraction of sp³-hybridized carbons (Fsp3) is 0.571. The Kier molecular flexibility index (Phi) is 3.50. The van der Waals surface area contributed by atoms with Gasteiger partial charge in [-0.05, 0) is 58.1 Å². The highest BCUT2D eigenvalue weighted by Crippen LogP contribution is 2.38. The third-order valence-corrected chi connectivity index (χ3v) is 3.73. The van der Waals surface area contributed by atoms with Crippen molar-refractivity contribution in [3.8, 4) is 11.5 Å². The highest BCUT2D eigenvalue weighted by atomic mass is 16.7. The van der Waals surface area contributed by atoms with Crippen molar-refractivity contribution in [3.05, 3.63) is 23.3 Å². The summed E-state index contributed by atoms with van der Waals surface area (Å²) in [4.78, 5) is 0. The van der Waals surface area contributed by atoms with Gasteiger partial charge in [0.25, 0.3) is 0 Å². The predicted octanol–water partition coefficient (Wildman–Crippen LogP) is 1.98. The Morgan fingerprint density at radius 3 is 2.33 bits per heavy atom. The highest BCUT2D eigenvalue weighted by Gasteiger charge is 2.30. The molecule has 0 saturated heterocycles. The molecule has 1 aromatic rings. The Morgan fingerprint density at radius 2 is 1.78 bits per heavy atom. The molecule has 0 radical (unpaired) electrons. The van der Waals surface area contributed by atoms with Gasteiger partial charge in [0.2, 0.25) is 6.79 Å². The third kappa shape index (κ3) is 2.18. The van der Waals surface area contributed by atoms with Gasteiger partial charge in [-0.3, -0.25) is 0 Å². The van der Waals surface area contributed by atoms with Gasteiger partial charge in [0.1, 0.15) is 0 Å². The Morgan fingerprint density at radius 1 is 1.17 bits per heavy atom. The second kappa shape index (κ2) is 4.78. The van der Waals surface area contributed by atoms with Crippen molar-refractivity contribution >= 4 is 0 Å². The Hall–Kier alpha value is -1.26. The molecule has 1 aliphatic rings. The number of benzene rings is 1. The largest absolute Gasteiger partial charge is 0.454 e. The van der Waals surface area contributed by atoms with E-state index < -0.39 is 0 Å². The maximum Gasteiger partial charge on any atom is 0.231 e. The summed E-state index contributed by atoms with van der Waals surface area (Å²) in [6, 6.07) is 4.34. The van der Waals surface area contributed by atoms with Gasteiger partial charge in [-0.25, -0.2) is 0 Å². The van der Waals surface area contributed by atoms with Crippen LogP contribution in [0.1, 0.15) is 31.0 Å². The van der Waals surface area contributed by atoms with Crippen LogP contribution in [0.4, 0.5) is 0 Å². The first-order valence-corrected chi connectivity index (χ1v) is 6.26. The summed E-state index contributed by atoms with van der Waals surface area (Å²) >= 11 is 0. The molecule has 1 aliphatic heterocycles. The molecule has 4 heteroatoms. The molecular formula is C14H22N2O2. The molecule has 0 saturated carbocycles. The van der Waals surface area contributed by atoms with Gasteiger partial charge in [0.05, 0.1) is 6.04 Å². The zero-order chi connectivity index (χ0) is 13.3. The van der Waals surface area contributed by atoms with Crippen LogP contribution >= 0.6 is 0 Å². The number of hydrogen-bond donors (Lipinski definition) is 2. The maximum atomic E-state index is 5.46. The van der Waals surface area contributed by atoms with Crippen LogP contribution in [0.5, 0.6) is 11.5 Å². The lowest BCUT2D eigenvalue weighted by Gasteiger charge is -2.35. The van der Waals surface area contributed by atoms with Crippen LogP contribution in [0, 0.1) is 6.92 Å². The van der Waals surface area contributed by atoms with Gasteiger partial charge in [-0.1, -0.05) is 0 Å². The number of aryl methyl sites for hydroxylation is 1. The Bertz CT molecular complexity index is 444. The van der Waals surface area contributed by atoms with E-state index in [2.05, 4.69) is 37.5 Å². The molecule has 0 aromatic heterocycles. The minimum atomic E-state index is -0.0484. The minimum Gasteiger partial charge on any atom is -0.454 e. The molecule has 1 aromatic carbocycles. The van der Waals surface area contributed by atoms with E-state index in [-0.39, 0.29) is 11.6 Å². The monoisotopic (exact) mass is 250 g/mol. The van der Waals surface area contributed by atoms with Crippen molar-refractivity contribution in [2.24, 2.45) is 0 Å². The molecule has 4 nitrogen and oxygen atoms in total. The zero-order valence-corrected chi connectivity index (χ0v) is 11.8. The lowest BCUT2D eigenvalue weighted by molar-refractivity contribution is 0.174. The van der Waals surface area contributed by atoms with E-state index in [1.54, 1.807) is 0 Å². The summed E-state index contributed by atoms with van der Waals surface area (Å²) in [5.41, 5.74) is 2.40. The van der Waals surface area contributed by atoms with E-state index in [0.29, 0.717) is 6.79 Å². The van der Waals surface area contributed by atoms with Crippen LogP contribution in [-0.4, -0.2) is 26.4 Å². The van der Waals surface area contributed by atoms with Gasteiger partial charge < -0.3 is 20.1 Å². The summed E-state index contributed by atoms with van der Waals surface area (Å²) in [5, 5.41) is 6.73. The lowest BCUT2D eigenvalue weighted by Crippen LogP contribution is -2.47. The number of nitrogens with one attached hydrogen (secondary N) is 2. The van der Waals surface area contributed by atoms with E-state index in [1.807, 2.05) is 20.2 Å². The topological polar surface area (TPSA) is 42.5 Å². The number of hydrogen-bond acceptors (Lipinski definition) is 4. The Labute approximate surface area is 109 Å². The molecule has 18 heavy (non-hydrogen) atoms. The first-order valence-electron chi connectivity index (χ1n) is 6.26. The third-order valence-electron chi connectivity index (χ3n) is 3.73. The number of rotatable bonds is 4. The SMILES string of the molecule is CNC(c1cc2c(cc1C)OCO2)C(C)(C)NC. The fourth-order valence-corrected chi connectivity index (χ4v) is 2.42. The number of ether oxygens (including phenoxy) is 2. The molecule has 0 bridgehead atoms. The first kappa shape index (κ1) is 13.2. The summed E-state index contributed by atoms with van der Waals surface area (Å²) in [5.74, 6) is 1.68. The molecule has 0 fully saturated rings. The predicted molar refractivity (Wildman–Crippen MR) is 72.2 cm³/mol. The number of likely N-dealkylation sites (N-methyl/N-ethyl adjacent to an activating group) is 2. The molecule has 1 heterocycles. The van der Waals surface area contributed by atoms with Crippen LogP contribution in [0.3, 0.4) is 0 Å². The minimum absolute atomic E-state index is 0.0484. The Balaban J connectivity index is 2.43. The summed E-state index contributed by atoms with van der Waals surface area (Å²) in [6.45, 7) is 6.78. The standard InChI is InChI=1S/C14H22N2O2/c1-9-6-11-12(18-8-17-11)7-10(9)13(15-4)14(2,3)16-5/h6-7,13,15-16H,8H2,1-5H3. The molecule has 2 N–H and O–H groups in total. The highest BCUT2D eigenvalue weighted by molar-refractivity contribution is 5.49. The lowest BCUT2D eigenvalue weighted by atomic mass is 9.86. The average molecular weight is 250 g/mol. The molecule has 0 spiro atoms. The number of fused-ring (bicyclic) bond motifs is 1. The van der Waals surface area contributed by atoms with Gasteiger partial charge in [-0.15, -0.1) is 0 Å². The molecule has 0 amide bonds. The fourth-order valence-electron chi connectivity index (χ4n) is 2.42. The van der Waals surface area contributed by atoms with Crippen LogP contribution in [0.2, 0.25) is 0 Å². The smallest absolute Gasteiger partial charge is 0.231 e. The summed E-state index contributed by atoms with van der Waals surface area (Å²) < 4.78 is 10.9. The van der Waals surface area contributed by atoms with Crippen molar-refractivity contribution in [1.82, 2.24) is 10.6 Å². The summed E-state index contributed by atoms with van der Waals surface area (Å²) in [7, 11) is 3.96. The average Bonchev–Trinajstić information content (AvgIpc) is 2.77. The second-order valence-corrected chi connectivity index (χ2v) is 5.26. The van der Waals surface area contributed by atoms with Gasteiger partial charge in [0.15, 0.2) is 11.5 Å². The van der Waals surface area contributed by atoms with Crippen molar-refractivity contribution in [3.63, 3.8) is 0 Å². The molecule has 0 aliphatic carbocycles. The first-order chi connectivity index (χ1) is 8.49. The van der Waals surface area contributed by atoms with E-state index in [9.17, 15) is 0 Å². The van der Waals surface area contributed by atoms with Gasteiger partial charge in [-0.2, -0.15) is 0 Å². The zero-order valence-electron chi connectivity index (χ0n) is 11.8. The molecule has 1 atom stereocenters. The van der Waals surface area contributed by atoms with E-state index in [0.717, 1.165) is 11.5 Å². The van der Waals surface area contributed by atoms with Crippen LogP contribution in [0.15, 0.2) is 12.1 Å². The molecular weight excluding hydrogens is 228 g/mol. The van der Waals surface area contributed by atoms with E-state index in [1.165, 1.54) is 11.1 Å². The van der Waals surface area contributed by atoms with Crippen LogP contribution < -0.4 is 20.1 Å². The quantitative estimate of drug-likeness (QED) is 0.857. The van der Waals surface area contributed by atoms with Crippen molar-refractivity contribution in [2.75, 3.05) is 20.9 Å². The van der Waals surface area contributed by atoms with Gasteiger partial charge >= 0.3 is 0 Å². The maximum absolute atomic E-state index is 5.46. The van der Waals surface area contributed by atoms with Crippen molar-refractivity contribution < 1.29 is 9.47 Å². The normalized spacial score (nSPS) is 15.8. The van der Waals surface area contributed by atoms with Gasteiger partial charge in [0, 0.05) is 5.54 Å². The van der Waals surface area contributed by atoms with Crippen molar-refractivity contribution in [2.45, 2.75) is 32.4 Å². The van der Waals surface area contributed by atoms with Crippen molar-refractivity contribution in [1.29, 1.82) is 0 Å². The second-order valence-electron chi connectivity index (χ2n) is 5.26.